The van der Waals surface area contributed by atoms with E-state index in [0.717, 1.165) is 0 Å². The van der Waals surface area contributed by atoms with Crippen molar-refractivity contribution in [1.29, 1.82) is 0 Å². The van der Waals surface area contributed by atoms with Crippen molar-refractivity contribution in [2.45, 2.75) is 27.2 Å². The number of hydrogen-bond acceptors (Lipinski definition) is 2. The summed E-state index contributed by atoms with van der Waals surface area (Å²) in [7, 11) is 0. The number of hydrogen-bond donors (Lipinski definition) is 0. The fraction of sp³-hybridized carbons (Fsp3) is 0.625. The van der Waals surface area contributed by atoms with Crippen LogP contribution >= 0.6 is 0 Å². The minimum atomic E-state index is -0.855. The van der Waals surface area contributed by atoms with Gasteiger partial charge in [-0.05, 0) is 25.8 Å². The van der Waals surface area contributed by atoms with Gasteiger partial charge < -0.3 is 4.74 Å². The molecule has 11 heavy (non-hydrogen) atoms. The van der Waals surface area contributed by atoms with Gasteiger partial charge in [-0.3, -0.25) is 0 Å². The molecule has 0 saturated carbocycles. The fourth-order valence-corrected chi connectivity index (χ4v) is 0.462. The first-order valence-electron chi connectivity index (χ1n) is 3.59. The van der Waals surface area contributed by atoms with Crippen molar-refractivity contribution in [2.75, 3.05) is 6.61 Å². The largest absolute Gasteiger partial charge is 0.460 e. The number of halogens is 1. The van der Waals surface area contributed by atoms with Gasteiger partial charge in [0.05, 0.1) is 6.61 Å². The van der Waals surface area contributed by atoms with E-state index in [9.17, 15) is 9.18 Å². The Kier molecular flexibility index (Phi) is 4.50. The minimum absolute atomic E-state index is 0.277. The van der Waals surface area contributed by atoms with Crippen LogP contribution in [0.1, 0.15) is 27.2 Å². The molecule has 2 nitrogen and oxygen atoms in total. The molecule has 0 atom stereocenters. The summed E-state index contributed by atoms with van der Waals surface area (Å²) in [6.07, 6.45) is 0.710. The summed E-state index contributed by atoms with van der Waals surface area (Å²) in [6, 6.07) is 0. The maximum Gasteiger partial charge on any atom is 0.367 e. The maximum atomic E-state index is 12.6. The minimum Gasteiger partial charge on any atom is -0.460 e. The average molecular weight is 160 g/mol. The second-order valence-electron chi connectivity index (χ2n) is 2.45. The zero-order valence-electron chi connectivity index (χ0n) is 7.11. The molecule has 0 aliphatic carbocycles. The van der Waals surface area contributed by atoms with Gasteiger partial charge in [0.2, 0.25) is 5.83 Å². The molecule has 0 bridgehead atoms. The van der Waals surface area contributed by atoms with Crippen LogP contribution in [0.5, 0.6) is 0 Å². The van der Waals surface area contributed by atoms with E-state index in [-0.39, 0.29) is 6.61 Å². The quantitative estimate of drug-likeness (QED) is 0.467. The van der Waals surface area contributed by atoms with Crippen molar-refractivity contribution in [3.8, 4) is 0 Å². The van der Waals surface area contributed by atoms with Gasteiger partial charge in [0.1, 0.15) is 0 Å². The molecule has 0 spiro atoms. The number of carbonyl (C=O) groups excluding carboxylic acids is 1. The highest BCUT2D eigenvalue weighted by atomic mass is 19.1. The molecule has 0 unspecified atom stereocenters. The summed E-state index contributed by atoms with van der Waals surface area (Å²) in [5.74, 6) is -1.63. The predicted octanol–water partition coefficient (Wildman–Crippen LogP) is 2.20. The van der Waals surface area contributed by atoms with Crippen molar-refractivity contribution in [1.82, 2.24) is 0 Å². The molecule has 0 aliphatic heterocycles. The standard InChI is InChI=1S/C8H13FO2/c1-4-5-11-8(10)7(9)6(2)3/h4-5H2,1-3H3. The van der Waals surface area contributed by atoms with E-state index >= 15 is 0 Å². The van der Waals surface area contributed by atoms with Crippen molar-refractivity contribution < 1.29 is 13.9 Å². The second-order valence-corrected chi connectivity index (χ2v) is 2.45. The van der Waals surface area contributed by atoms with Crippen LogP contribution in [-0.4, -0.2) is 12.6 Å². The van der Waals surface area contributed by atoms with E-state index in [1.54, 1.807) is 0 Å². The van der Waals surface area contributed by atoms with Gasteiger partial charge in [0, 0.05) is 0 Å². The summed E-state index contributed by atoms with van der Waals surface area (Å²) in [5.41, 5.74) is 0.353. The molecule has 0 amide bonds. The highest BCUT2D eigenvalue weighted by Crippen LogP contribution is 2.06. The zero-order valence-corrected chi connectivity index (χ0v) is 7.11. The van der Waals surface area contributed by atoms with Crippen LogP contribution in [0.2, 0.25) is 0 Å². The highest BCUT2D eigenvalue weighted by Gasteiger charge is 2.10. The first-order chi connectivity index (χ1) is 5.09. The van der Waals surface area contributed by atoms with E-state index in [4.69, 9.17) is 0 Å². The summed E-state index contributed by atoms with van der Waals surface area (Å²) in [6.45, 7) is 5.19. The molecule has 0 aliphatic rings. The normalized spacial score (nSPS) is 9.09. The molecule has 0 saturated heterocycles. The van der Waals surface area contributed by atoms with Crippen molar-refractivity contribution in [3.05, 3.63) is 11.4 Å². The van der Waals surface area contributed by atoms with Crippen LogP contribution in [0.4, 0.5) is 4.39 Å². The Morgan fingerprint density at radius 2 is 2.00 bits per heavy atom. The number of ether oxygens (including phenoxy) is 1. The summed E-state index contributed by atoms with van der Waals surface area (Å²) in [4.78, 5) is 10.7. The Hall–Kier alpha value is -0.860. The molecule has 0 rings (SSSR count). The van der Waals surface area contributed by atoms with Gasteiger partial charge in [0.25, 0.3) is 0 Å². The van der Waals surface area contributed by atoms with E-state index < -0.39 is 11.8 Å². The van der Waals surface area contributed by atoms with E-state index in [2.05, 4.69) is 4.74 Å². The summed E-state index contributed by atoms with van der Waals surface area (Å²) >= 11 is 0. The predicted molar refractivity (Wildman–Crippen MR) is 40.7 cm³/mol. The lowest BCUT2D eigenvalue weighted by atomic mass is 10.3. The zero-order chi connectivity index (χ0) is 8.85. The smallest absolute Gasteiger partial charge is 0.367 e. The third-order valence-electron chi connectivity index (χ3n) is 1.06. The van der Waals surface area contributed by atoms with Gasteiger partial charge in [-0.1, -0.05) is 6.92 Å². The van der Waals surface area contributed by atoms with Crippen molar-refractivity contribution in [3.63, 3.8) is 0 Å². The lowest BCUT2D eigenvalue weighted by molar-refractivity contribution is -0.140. The number of esters is 1. The lowest BCUT2D eigenvalue weighted by Gasteiger charge is -2.00. The van der Waals surface area contributed by atoms with Crippen LogP contribution in [0.3, 0.4) is 0 Å². The van der Waals surface area contributed by atoms with E-state index in [1.807, 2.05) is 6.92 Å². The molecule has 3 heteroatoms. The fourth-order valence-electron chi connectivity index (χ4n) is 0.462. The molecular weight excluding hydrogens is 147 g/mol. The topological polar surface area (TPSA) is 26.3 Å². The molecular formula is C8H13FO2. The first-order valence-corrected chi connectivity index (χ1v) is 3.59. The van der Waals surface area contributed by atoms with Crippen LogP contribution < -0.4 is 0 Å². The molecule has 0 aromatic carbocycles. The van der Waals surface area contributed by atoms with Gasteiger partial charge in [0.15, 0.2) is 0 Å². The summed E-state index contributed by atoms with van der Waals surface area (Å²) < 4.78 is 17.2. The third-order valence-corrected chi connectivity index (χ3v) is 1.06. The SMILES string of the molecule is CCCOC(=O)C(F)=C(C)C. The summed E-state index contributed by atoms with van der Waals surface area (Å²) in [5, 5.41) is 0. The monoisotopic (exact) mass is 160 g/mol. The Bertz CT molecular complexity index is 169. The number of allylic oxidation sites excluding steroid dienone is 1. The van der Waals surface area contributed by atoms with Gasteiger partial charge in [-0.15, -0.1) is 0 Å². The molecule has 0 aromatic heterocycles. The molecule has 0 N–H and O–H groups in total. The average Bonchev–Trinajstić information content (AvgIpc) is 1.98. The van der Waals surface area contributed by atoms with E-state index in [0.29, 0.717) is 12.0 Å². The third kappa shape index (κ3) is 3.75. The van der Waals surface area contributed by atoms with Crippen LogP contribution in [0.25, 0.3) is 0 Å². The Morgan fingerprint density at radius 1 is 1.45 bits per heavy atom. The van der Waals surface area contributed by atoms with Crippen molar-refractivity contribution in [2.24, 2.45) is 0 Å². The van der Waals surface area contributed by atoms with Crippen LogP contribution in [-0.2, 0) is 9.53 Å². The molecule has 64 valence electrons. The lowest BCUT2D eigenvalue weighted by Crippen LogP contribution is -2.06. The number of carbonyl (C=O) groups is 1. The first kappa shape index (κ1) is 10.1. The second kappa shape index (κ2) is 4.88. The van der Waals surface area contributed by atoms with Crippen LogP contribution in [0.15, 0.2) is 11.4 Å². The molecule has 0 radical (unpaired) electrons. The van der Waals surface area contributed by atoms with E-state index in [1.165, 1.54) is 13.8 Å². The van der Waals surface area contributed by atoms with Crippen molar-refractivity contribution >= 4 is 5.97 Å². The Labute approximate surface area is 66.0 Å². The molecule has 0 fully saturated rings. The van der Waals surface area contributed by atoms with Crippen LogP contribution in [0, 0.1) is 0 Å². The Balaban J connectivity index is 3.95. The van der Waals surface area contributed by atoms with Gasteiger partial charge in [-0.25, -0.2) is 4.79 Å². The van der Waals surface area contributed by atoms with Gasteiger partial charge in [-0.2, -0.15) is 4.39 Å². The molecule has 0 aromatic rings. The number of rotatable bonds is 3. The van der Waals surface area contributed by atoms with Gasteiger partial charge >= 0.3 is 5.97 Å². The molecule has 0 heterocycles. The highest BCUT2D eigenvalue weighted by molar-refractivity contribution is 5.86. The Morgan fingerprint density at radius 3 is 2.36 bits per heavy atom. The maximum absolute atomic E-state index is 12.6.